The zero-order valence-electron chi connectivity index (χ0n) is 9.88. The van der Waals surface area contributed by atoms with Crippen LogP contribution in [0.15, 0.2) is 0 Å². The Morgan fingerprint density at radius 2 is 1.67 bits per heavy atom. The number of fused-ring (bicyclic) bond motifs is 1. The highest BCUT2D eigenvalue weighted by Crippen LogP contribution is 2.62. The van der Waals surface area contributed by atoms with Crippen LogP contribution in [0.5, 0.6) is 0 Å². The van der Waals surface area contributed by atoms with E-state index in [1.165, 1.54) is 32.4 Å². The Morgan fingerprint density at radius 3 is 2.07 bits per heavy atom. The number of rotatable bonds is 1. The number of carbonyl (C=O) groups is 1. The van der Waals surface area contributed by atoms with E-state index in [9.17, 15) is 4.79 Å². The fourth-order valence-electron chi connectivity index (χ4n) is 4.07. The highest BCUT2D eigenvalue weighted by molar-refractivity contribution is 5.83. The molecule has 0 N–H and O–H groups in total. The van der Waals surface area contributed by atoms with Crippen LogP contribution >= 0.6 is 0 Å². The van der Waals surface area contributed by atoms with Crippen molar-refractivity contribution in [2.24, 2.45) is 10.8 Å². The molecule has 1 aliphatic heterocycles. The number of hydrogen-bond donors (Lipinski definition) is 0. The molecule has 2 saturated carbocycles. The quantitative estimate of drug-likeness (QED) is 0.657. The normalized spacial score (nSPS) is 50.5. The topological polar surface area (TPSA) is 20.3 Å². The fraction of sp³-hybridized carbons (Fsp3) is 0.923. The van der Waals surface area contributed by atoms with Crippen LogP contribution in [0, 0.1) is 10.8 Å². The molecule has 1 heterocycles. The Balaban J connectivity index is 1.81. The first-order chi connectivity index (χ1) is 7.02. The number of carbonyl (C=O) groups excluding carboxylic acids is 1. The summed E-state index contributed by atoms with van der Waals surface area (Å²) in [7, 11) is 0. The molecule has 3 fully saturated rings. The Hall–Kier alpha value is -0.370. The first-order valence-corrected chi connectivity index (χ1v) is 6.28. The Bertz CT molecular complexity index is 288. The molecular formula is C13H21NO. The monoisotopic (exact) mass is 207 g/mol. The molecule has 2 atom stereocenters. The lowest BCUT2D eigenvalue weighted by Gasteiger charge is -2.37. The van der Waals surface area contributed by atoms with Gasteiger partial charge in [0.1, 0.15) is 5.78 Å². The third-order valence-corrected chi connectivity index (χ3v) is 5.41. The van der Waals surface area contributed by atoms with Crippen molar-refractivity contribution in [2.45, 2.75) is 52.0 Å². The van der Waals surface area contributed by atoms with E-state index in [0.717, 1.165) is 18.9 Å². The first kappa shape index (κ1) is 9.83. The van der Waals surface area contributed by atoms with Gasteiger partial charge in [0.15, 0.2) is 0 Å². The molecule has 0 aromatic rings. The summed E-state index contributed by atoms with van der Waals surface area (Å²) >= 11 is 0. The first-order valence-electron chi connectivity index (χ1n) is 6.28. The van der Waals surface area contributed by atoms with Gasteiger partial charge in [-0.3, -0.25) is 4.79 Å². The van der Waals surface area contributed by atoms with Crippen molar-refractivity contribution in [3.63, 3.8) is 0 Å². The molecule has 2 aliphatic carbocycles. The van der Waals surface area contributed by atoms with Gasteiger partial charge in [0.2, 0.25) is 0 Å². The Kier molecular flexibility index (Phi) is 1.87. The number of Topliss-reactive ketones (excluding diaryl/α,β-unsaturated/α-hetero) is 1. The van der Waals surface area contributed by atoms with E-state index in [0.29, 0.717) is 16.6 Å². The molecule has 0 spiro atoms. The summed E-state index contributed by atoms with van der Waals surface area (Å²) in [4.78, 5) is 14.2. The average Bonchev–Trinajstić information content (AvgIpc) is 2.28. The molecule has 0 radical (unpaired) electrons. The van der Waals surface area contributed by atoms with E-state index >= 15 is 0 Å². The number of likely N-dealkylation sites (tertiary alicyclic amines) is 1. The predicted molar refractivity (Wildman–Crippen MR) is 59.7 cm³/mol. The maximum absolute atomic E-state index is 11.6. The van der Waals surface area contributed by atoms with Crippen LogP contribution in [0.1, 0.15) is 46.0 Å². The molecule has 1 saturated heterocycles. The largest absolute Gasteiger partial charge is 0.300 e. The fourth-order valence-corrected chi connectivity index (χ4v) is 4.07. The van der Waals surface area contributed by atoms with Crippen LogP contribution in [-0.4, -0.2) is 29.8 Å². The van der Waals surface area contributed by atoms with E-state index in [1.54, 1.807) is 0 Å². The van der Waals surface area contributed by atoms with Gasteiger partial charge < -0.3 is 4.90 Å². The lowest BCUT2D eigenvalue weighted by Crippen LogP contribution is -2.44. The van der Waals surface area contributed by atoms with Crippen molar-refractivity contribution in [1.82, 2.24) is 4.90 Å². The minimum Gasteiger partial charge on any atom is -0.300 e. The molecule has 0 aromatic heterocycles. The second-order valence-corrected chi connectivity index (χ2v) is 6.47. The van der Waals surface area contributed by atoms with Crippen LogP contribution in [-0.2, 0) is 4.79 Å². The van der Waals surface area contributed by atoms with Crippen molar-refractivity contribution in [2.75, 3.05) is 13.1 Å². The summed E-state index contributed by atoms with van der Waals surface area (Å²) in [5.41, 5.74) is 0.620. The zero-order chi connectivity index (χ0) is 10.7. The van der Waals surface area contributed by atoms with E-state index in [4.69, 9.17) is 0 Å². The molecule has 0 bridgehead atoms. The lowest BCUT2D eigenvalue weighted by atomic mass is 9.71. The summed E-state index contributed by atoms with van der Waals surface area (Å²) in [6.07, 6.45) is 5.58. The standard InChI is InChI=1S/C13H21NO/c1-12-6-10(14-4-3-5-14)7-13(12,2)9-11(15)8-12/h10H,3-9H2,1-2H3. The Morgan fingerprint density at radius 1 is 1.13 bits per heavy atom. The van der Waals surface area contributed by atoms with Gasteiger partial charge in [-0.1, -0.05) is 13.8 Å². The summed E-state index contributed by atoms with van der Waals surface area (Å²) in [6, 6.07) is 0.779. The summed E-state index contributed by atoms with van der Waals surface area (Å²) < 4.78 is 0. The van der Waals surface area contributed by atoms with Crippen molar-refractivity contribution in [1.29, 1.82) is 0 Å². The van der Waals surface area contributed by atoms with Gasteiger partial charge >= 0.3 is 0 Å². The van der Waals surface area contributed by atoms with Gasteiger partial charge in [-0.25, -0.2) is 0 Å². The molecule has 3 rings (SSSR count). The predicted octanol–water partition coefficient (Wildman–Crippen LogP) is 2.23. The van der Waals surface area contributed by atoms with Crippen molar-refractivity contribution in [3.05, 3.63) is 0 Å². The average molecular weight is 207 g/mol. The number of nitrogens with zero attached hydrogens (tertiary/aromatic N) is 1. The molecule has 0 aromatic carbocycles. The summed E-state index contributed by atoms with van der Waals surface area (Å²) in [5, 5.41) is 0. The van der Waals surface area contributed by atoms with Gasteiger partial charge in [-0.2, -0.15) is 0 Å². The zero-order valence-corrected chi connectivity index (χ0v) is 9.88. The van der Waals surface area contributed by atoms with Crippen LogP contribution in [0.4, 0.5) is 0 Å². The molecule has 2 unspecified atom stereocenters. The maximum atomic E-state index is 11.6. The van der Waals surface area contributed by atoms with Gasteiger partial charge in [-0.15, -0.1) is 0 Å². The van der Waals surface area contributed by atoms with Crippen LogP contribution in [0.25, 0.3) is 0 Å². The Labute approximate surface area is 92.0 Å². The highest BCUT2D eigenvalue weighted by Gasteiger charge is 2.58. The SMILES string of the molecule is CC12CC(=O)CC1(C)CC(N1CCC1)C2. The van der Waals surface area contributed by atoms with Gasteiger partial charge in [0, 0.05) is 18.9 Å². The molecule has 3 aliphatic rings. The van der Waals surface area contributed by atoms with Crippen molar-refractivity contribution >= 4 is 5.78 Å². The molecule has 84 valence electrons. The molecule has 0 amide bonds. The molecule has 2 nitrogen and oxygen atoms in total. The van der Waals surface area contributed by atoms with Crippen LogP contribution in [0.3, 0.4) is 0 Å². The second-order valence-electron chi connectivity index (χ2n) is 6.47. The minimum atomic E-state index is 0.310. The van der Waals surface area contributed by atoms with Gasteiger partial charge in [-0.05, 0) is 43.2 Å². The third kappa shape index (κ3) is 1.24. The van der Waals surface area contributed by atoms with Crippen LogP contribution < -0.4 is 0 Å². The van der Waals surface area contributed by atoms with E-state index in [2.05, 4.69) is 18.7 Å². The number of ketones is 1. The minimum absolute atomic E-state index is 0.310. The lowest BCUT2D eigenvalue weighted by molar-refractivity contribution is -0.118. The summed E-state index contributed by atoms with van der Waals surface area (Å²) in [6.45, 7) is 7.28. The second kappa shape index (κ2) is 2.85. The van der Waals surface area contributed by atoms with Gasteiger partial charge in [0.05, 0.1) is 0 Å². The van der Waals surface area contributed by atoms with E-state index in [-0.39, 0.29) is 0 Å². The maximum Gasteiger partial charge on any atom is 0.134 e. The molecule has 15 heavy (non-hydrogen) atoms. The number of hydrogen-bond acceptors (Lipinski definition) is 2. The van der Waals surface area contributed by atoms with E-state index in [1.807, 2.05) is 0 Å². The van der Waals surface area contributed by atoms with Crippen molar-refractivity contribution < 1.29 is 4.79 Å². The van der Waals surface area contributed by atoms with Crippen molar-refractivity contribution in [3.8, 4) is 0 Å². The van der Waals surface area contributed by atoms with Gasteiger partial charge in [0.25, 0.3) is 0 Å². The third-order valence-electron chi connectivity index (χ3n) is 5.41. The van der Waals surface area contributed by atoms with E-state index < -0.39 is 0 Å². The van der Waals surface area contributed by atoms with Crippen LogP contribution in [0.2, 0.25) is 0 Å². The summed E-state index contributed by atoms with van der Waals surface area (Å²) in [5.74, 6) is 0.502. The highest BCUT2D eigenvalue weighted by atomic mass is 16.1. The molecule has 2 heteroatoms. The smallest absolute Gasteiger partial charge is 0.134 e. The molecular weight excluding hydrogens is 186 g/mol.